The summed E-state index contributed by atoms with van der Waals surface area (Å²) in [6.45, 7) is 3.76. The van der Waals surface area contributed by atoms with Gasteiger partial charge in [0.05, 0.1) is 23.0 Å². The zero-order chi connectivity index (χ0) is 15.1. The summed E-state index contributed by atoms with van der Waals surface area (Å²) in [6, 6.07) is 6.72. The van der Waals surface area contributed by atoms with E-state index in [4.69, 9.17) is 0 Å². The van der Waals surface area contributed by atoms with Gasteiger partial charge >= 0.3 is 0 Å². The topological polar surface area (TPSA) is 67.6 Å². The minimum Gasteiger partial charge on any atom is -0.272 e. The summed E-state index contributed by atoms with van der Waals surface area (Å²) < 4.78 is 1.74. The second kappa shape index (κ2) is 4.66. The van der Waals surface area contributed by atoms with Crippen molar-refractivity contribution in [3.8, 4) is 0 Å². The summed E-state index contributed by atoms with van der Waals surface area (Å²) in [6.07, 6.45) is 1.51. The fourth-order valence-corrected chi connectivity index (χ4v) is 2.37. The molecule has 1 aromatic heterocycles. The number of hydrogen-bond donors (Lipinski definition) is 0. The summed E-state index contributed by atoms with van der Waals surface area (Å²) >= 11 is 0. The number of nitrogens with zero attached hydrogens (tertiary/aromatic N) is 4. The first kappa shape index (κ1) is 13.2. The number of imide groups is 1. The number of carbonyl (C=O) groups excluding carboxylic acids is 2. The van der Waals surface area contributed by atoms with Crippen molar-refractivity contribution >= 4 is 18.0 Å². The predicted molar refractivity (Wildman–Crippen MR) is 77.2 cm³/mol. The molecule has 1 aliphatic rings. The van der Waals surface area contributed by atoms with Crippen LogP contribution in [0.4, 0.5) is 0 Å². The molecule has 0 saturated carbocycles. The van der Waals surface area contributed by atoms with Crippen LogP contribution in [0, 0.1) is 13.8 Å². The van der Waals surface area contributed by atoms with Crippen LogP contribution in [-0.2, 0) is 7.05 Å². The predicted octanol–water partition coefficient (Wildman–Crippen LogP) is 1.67. The first-order valence-corrected chi connectivity index (χ1v) is 6.52. The van der Waals surface area contributed by atoms with Crippen molar-refractivity contribution in [3.63, 3.8) is 0 Å². The van der Waals surface area contributed by atoms with Gasteiger partial charge in [0.2, 0.25) is 0 Å². The Balaban J connectivity index is 1.95. The van der Waals surface area contributed by atoms with E-state index in [1.807, 2.05) is 20.9 Å². The number of fused-ring (bicyclic) bond motifs is 1. The summed E-state index contributed by atoms with van der Waals surface area (Å²) in [5.74, 6) is -0.794. The number of benzene rings is 1. The highest BCUT2D eigenvalue weighted by Crippen LogP contribution is 2.22. The van der Waals surface area contributed by atoms with Crippen molar-refractivity contribution in [1.29, 1.82) is 0 Å². The highest BCUT2D eigenvalue weighted by Gasteiger charge is 2.35. The van der Waals surface area contributed by atoms with Crippen molar-refractivity contribution < 1.29 is 9.59 Å². The minimum absolute atomic E-state index is 0.388. The molecule has 0 spiro atoms. The second-order valence-corrected chi connectivity index (χ2v) is 4.92. The first-order chi connectivity index (χ1) is 10.0. The number of hydrogen-bond acceptors (Lipinski definition) is 4. The van der Waals surface area contributed by atoms with Crippen LogP contribution >= 0.6 is 0 Å². The Morgan fingerprint density at radius 2 is 1.67 bits per heavy atom. The van der Waals surface area contributed by atoms with Gasteiger partial charge in [0.1, 0.15) is 0 Å². The molecule has 0 atom stereocenters. The van der Waals surface area contributed by atoms with Crippen LogP contribution in [0.25, 0.3) is 0 Å². The summed E-state index contributed by atoms with van der Waals surface area (Å²) in [5.41, 5.74) is 3.32. The van der Waals surface area contributed by atoms with Crippen LogP contribution in [0.15, 0.2) is 29.4 Å². The van der Waals surface area contributed by atoms with E-state index in [1.165, 1.54) is 6.21 Å². The highest BCUT2D eigenvalue weighted by atomic mass is 16.2. The Hall–Kier alpha value is -2.76. The summed E-state index contributed by atoms with van der Waals surface area (Å²) in [5, 5.41) is 9.23. The highest BCUT2D eigenvalue weighted by molar-refractivity contribution is 6.21. The fourth-order valence-electron chi connectivity index (χ4n) is 2.37. The van der Waals surface area contributed by atoms with Gasteiger partial charge in [-0.15, -0.1) is 0 Å². The van der Waals surface area contributed by atoms with Crippen molar-refractivity contribution in [1.82, 2.24) is 14.8 Å². The van der Waals surface area contributed by atoms with Gasteiger partial charge in [0.25, 0.3) is 11.8 Å². The van der Waals surface area contributed by atoms with E-state index >= 15 is 0 Å². The Kier molecular flexibility index (Phi) is 2.94. The van der Waals surface area contributed by atoms with Crippen LogP contribution < -0.4 is 0 Å². The third kappa shape index (κ3) is 1.96. The van der Waals surface area contributed by atoms with Gasteiger partial charge in [-0.25, -0.2) is 0 Å². The zero-order valence-electron chi connectivity index (χ0n) is 12.0. The maximum atomic E-state index is 12.2. The third-order valence-corrected chi connectivity index (χ3v) is 3.64. The van der Waals surface area contributed by atoms with E-state index in [0.29, 0.717) is 11.1 Å². The molecule has 0 aliphatic carbocycles. The molecular weight excluding hydrogens is 268 g/mol. The number of carbonyl (C=O) groups is 2. The lowest BCUT2D eigenvalue weighted by Gasteiger charge is -2.05. The third-order valence-electron chi connectivity index (χ3n) is 3.64. The summed E-state index contributed by atoms with van der Waals surface area (Å²) in [7, 11) is 1.84. The van der Waals surface area contributed by atoms with E-state index in [9.17, 15) is 9.59 Å². The van der Waals surface area contributed by atoms with Crippen LogP contribution in [0.1, 0.15) is 37.7 Å². The molecule has 1 aromatic carbocycles. The molecule has 21 heavy (non-hydrogen) atoms. The Labute approximate surface area is 121 Å². The molecule has 2 aromatic rings. The van der Waals surface area contributed by atoms with Crippen molar-refractivity contribution in [3.05, 3.63) is 52.3 Å². The molecule has 6 nitrogen and oxygen atoms in total. The lowest BCUT2D eigenvalue weighted by atomic mass is 10.1. The van der Waals surface area contributed by atoms with Gasteiger partial charge in [-0.1, -0.05) is 12.1 Å². The fraction of sp³-hybridized carbons (Fsp3) is 0.200. The van der Waals surface area contributed by atoms with Crippen LogP contribution in [0.5, 0.6) is 0 Å². The second-order valence-electron chi connectivity index (χ2n) is 4.92. The number of aryl methyl sites for hydroxylation is 2. The molecule has 0 bridgehead atoms. The largest absolute Gasteiger partial charge is 0.282 e. The van der Waals surface area contributed by atoms with Crippen molar-refractivity contribution in [2.24, 2.45) is 12.1 Å². The molecule has 3 rings (SSSR count). The Morgan fingerprint density at radius 3 is 2.14 bits per heavy atom. The number of hydrazone groups is 1. The van der Waals surface area contributed by atoms with Crippen LogP contribution in [0.3, 0.4) is 0 Å². The molecule has 6 heteroatoms. The quantitative estimate of drug-likeness (QED) is 0.621. The van der Waals surface area contributed by atoms with Gasteiger partial charge in [-0.3, -0.25) is 14.3 Å². The molecule has 106 valence electrons. The maximum absolute atomic E-state index is 12.2. The van der Waals surface area contributed by atoms with Crippen molar-refractivity contribution in [2.45, 2.75) is 13.8 Å². The lowest BCUT2D eigenvalue weighted by molar-refractivity contribution is 0.0660. The Bertz CT molecular complexity index is 754. The van der Waals surface area contributed by atoms with E-state index in [2.05, 4.69) is 10.2 Å². The molecule has 0 radical (unpaired) electrons. The standard InChI is InChI=1S/C15H14N4O2/c1-9-13(10(2)18(3)17-9)8-16-19-14(20)11-6-4-5-7-12(11)15(19)21/h4-8H,1-3H3. The molecule has 1 aliphatic heterocycles. The lowest BCUT2D eigenvalue weighted by Crippen LogP contribution is -2.24. The van der Waals surface area contributed by atoms with Gasteiger partial charge in [0, 0.05) is 18.3 Å². The Morgan fingerprint density at radius 1 is 1.10 bits per heavy atom. The van der Waals surface area contributed by atoms with Gasteiger partial charge < -0.3 is 0 Å². The van der Waals surface area contributed by atoms with Gasteiger partial charge in [-0.2, -0.15) is 15.2 Å². The van der Waals surface area contributed by atoms with Crippen LogP contribution in [-0.4, -0.2) is 32.8 Å². The van der Waals surface area contributed by atoms with E-state index in [0.717, 1.165) is 22.0 Å². The van der Waals surface area contributed by atoms with Crippen molar-refractivity contribution in [2.75, 3.05) is 0 Å². The summed E-state index contributed by atoms with van der Waals surface area (Å²) in [4.78, 5) is 24.3. The molecule has 0 N–H and O–H groups in total. The number of rotatable bonds is 2. The average Bonchev–Trinajstić information content (AvgIpc) is 2.86. The molecule has 0 unspecified atom stereocenters. The first-order valence-electron chi connectivity index (χ1n) is 6.52. The van der Waals surface area contributed by atoms with E-state index in [-0.39, 0.29) is 0 Å². The van der Waals surface area contributed by atoms with Gasteiger partial charge in [-0.05, 0) is 26.0 Å². The molecule has 0 fully saturated rings. The normalized spacial score (nSPS) is 14.3. The average molecular weight is 282 g/mol. The van der Waals surface area contributed by atoms with E-state index < -0.39 is 11.8 Å². The van der Waals surface area contributed by atoms with E-state index in [1.54, 1.807) is 28.9 Å². The molecule has 0 saturated heterocycles. The monoisotopic (exact) mass is 282 g/mol. The van der Waals surface area contributed by atoms with Gasteiger partial charge in [0.15, 0.2) is 0 Å². The minimum atomic E-state index is -0.397. The molecule has 2 amide bonds. The van der Waals surface area contributed by atoms with Crippen LogP contribution in [0.2, 0.25) is 0 Å². The number of amides is 2. The molecular formula is C15H14N4O2. The SMILES string of the molecule is Cc1nn(C)c(C)c1C=NN1C(=O)c2ccccc2C1=O. The number of aromatic nitrogens is 2. The zero-order valence-corrected chi connectivity index (χ0v) is 12.0. The smallest absolute Gasteiger partial charge is 0.272 e. The maximum Gasteiger partial charge on any atom is 0.282 e. The molecule has 2 heterocycles.